The van der Waals surface area contributed by atoms with E-state index < -0.39 is 10.2 Å². The lowest BCUT2D eigenvalue weighted by atomic mass is 9.96. The van der Waals surface area contributed by atoms with Crippen molar-refractivity contribution in [1.82, 2.24) is 9.03 Å². The van der Waals surface area contributed by atoms with Gasteiger partial charge in [-0.1, -0.05) is 6.92 Å². The van der Waals surface area contributed by atoms with Crippen LogP contribution in [0.15, 0.2) is 0 Å². The van der Waals surface area contributed by atoms with Gasteiger partial charge in [0.2, 0.25) is 0 Å². The Bertz CT molecular complexity index is 355. The van der Waals surface area contributed by atoms with Crippen molar-refractivity contribution < 1.29 is 17.9 Å². The van der Waals surface area contributed by atoms with Crippen LogP contribution in [-0.4, -0.2) is 51.9 Å². The molecule has 1 saturated heterocycles. The van der Waals surface area contributed by atoms with Crippen molar-refractivity contribution in [2.75, 3.05) is 33.4 Å². The van der Waals surface area contributed by atoms with E-state index in [1.807, 2.05) is 6.92 Å². The van der Waals surface area contributed by atoms with E-state index >= 15 is 0 Å². The molecule has 0 saturated carbocycles. The number of carbonyl (C=O) groups is 1. The van der Waals surface area contributed by atoms with E-state index in [2.05, 4.69) is 4.72 Å². The van der Waals surface area contributed by atoms with Crippen LogP contribution in [0.3, 0.4) is 0 Å². The third-order valence-corrected chi connectivity index (χ3v) is 4.49. The maximum Gasteiger partial charge on any atom is 0.279 e. The molecule has 0 radical (unpaired) electrons. The molecule has 1 aliphatic rings. The normalized spacial score (nSPS) is 22.9. The maximum absolute atomic E-state index is 11.9. The summed E-state index contributed by atoms with van der Waals surface area (Å²) in [6.07, 6.45) is 0.993. The first-order valence-electron chi connectivity index (χ1n) is 5.77. The standard InChI is InChI=1S/C10H20N2O4S/c1-3-9-8-12(6-4-10(9)13)17(14,15)11-5-7-16-2/h9,11H,3-8H2,1-2H3. The lowest BCUT2D eigenvalue weighted by Crippen LogP contribution is -2.49. The lowest BCUT2D eigenvalue weighted by Gasteiger charge is -2.30. The summed E-state index contributed by atoms with van der Waals surface area (Å²) in [6.45, 7) is 3.05. The van der Waals surface area contributed by atoms with Crippen LogP contribution in [0, 0.1) is 5.92 Å². The van der Waals surface area contributed by atoms with Gasteiger partial charge in [-0.15, -0.1) is 0 Å². The molecule has 1 unspecified atom stereocenters. The Labute approximate surface area is 102 Å². The minimum Gasteiger partial charge on any atom is -0.383 e. The fourth-order valence-corrected chi connectivity index (χ4v) is 3.05. The van der Waals surface area contributed by atoms with Crippen LogP contribution in [0.1, 0.15) is 19.8 Å². The Balaban J connectivity index is 2.57. The zero-order valence-corrected chi connectivity index (χ0v) is 11.1. The molecular formula is C10H20N2O4S. The minimum atomic E-state index is -3.47. The molecule has 0 amide bonds. The predicted molar refractivity (Wildman–Crippen MR) is 63.8 cm³/mol. The number of hydrogen-bond donors (Lipinski definition) is 1. The maximum atomic E-state index is 11.9. The van der Waals surface area contributed by atoms with Crippen LogP contribution in [0.2, 0.25) is 0 Å². The highest BCUT2D eigenvalue weighted by Gasteiger charge is 2.32. The van der Waals surface area contributed by atoms with Gasteiger partial charge in [0.1, 0.15) is 5.78 Å². The van der Waals surface area contributed by atoms with E-state index in [-0.39, 0.29) is 31.3 Å². The van der Waals surface area contributed by atoms with Crippen LogP contribution in [-0.2, 0) is 19.7 Å². The second-order valence-electron chi connectivity index (χ2n) is 4.07. The summed E-state index contributed by atoms with van der Waals surface area (Å²) in [5.74, 6) is -0.00130. The fraction of sp³-hybridized carbons (Fsp3) is 0.900. The van der Waals surface area contributed by atoms with Gasteiger partial charge in [0.15, 0.2) is 0 Å². The first kappa shape index (κ1) is 14.6. The number of ketones is 1. The summed E-state index contributed by atoms with van der Waals surface area (Å²) < 4.78 is 32.3. The van der Waals surface area contributed by atoms with Gasteiger partial charge in [0, 0.05) is 39.1 Å². The van der Waals surface area contributed by atoms with Crippen molar-refractivity contribution in [2.45, 2.75) is 19.8 Å². The van der Waals surface area contributed by atoms with Gasteiger partial charge in [0.25, 0.3) is 10.2 Å². The molecule has 1 N–H and O–H groups in total. The topological polar surface area (TPSA) is 75.7 Å². The largest absolute Gasteiger partial charge is 0.383 e. The molecule has 1 atom stereocenters. The Morgan fingerprint density at radius 3 is 2.82 bits per heavy atom. The zero-order chi connectivity index (χ0) is 12.9. The number of rotatable bonds is 6. The molecule has 100 valence electrons. The van der Waals surface area contributed by atoms with Crippen LogP contribution in [0.4, 0.5) is 0 Å². The molecule has 0 spiro atoms. The summed E-state index contributed by atoms with van der Waals surface area (Å²) in [5, 5.41) is 0. The SMILES string of the molecule is CCC1CN(S(=O)(=O)NCCOC)CCC1=O. The number of nitrogens with zero attached hydrogens (tertiary/aromatic N) is 1. The molecule has 1 fully saturated rings. The van der Waals surface area contributed by atoms with Crippen molar-refractivity contribution in [3.05, 3.63) is 0 Å². The molecule has 1 aliphatic heterocycles. The van der Waals surface area contributed by atoms with E-state index in [9.17, 15) is 13.2 Å². The van der Waals surface area contributed by atoms with Gasteiger partial charge in [-0.25, -0.2) is 0 Å². The Morgan fingerprint density at radius 2 is 2.24 bits per heavy atom. The Hall–Kier alpha value is -0.500. The number of carbonyl (C=O) groups excluding carboxylic acids is 1. The second kappa shape index (κ2) is 6.44. The summed E-state index contributed by atoms with van der Waals surface area (Å²) in [6, 6.07) is 0. The van der Waals surface area contributed by atoms with Crippen molar-refractivity contribution in [2.24, 2.45) is 5.92 Å². The van der Waals surface area contributed by atoms with E-state index in [0.717, 1.165) is 0 Å². The first-order valence-corrected chi connectivity index (χ1v) is 7.21. The number of methoxy groups -OCH3 is 1. The van der Waals surface area contributed by atoms with Crippen LogP contribution >= 0.6 is 0 Å². The first-order chi connectivity index (χ1) is 8.01. The zero-order valence-electron chi connectivity index (χ0n) is 10.3. The molecule has 1 rings (SSSR count). The molecule has 0 aromatic carbocycles. The molecule has 7 heteroatoms. The highest BCUT2D eigenvalue weighted by molar-refractivity contribution is 7.87. The van der Waals surface area contributed by atoms with Gasteiger partial charge < -0.3 is 4.74 Å². The van der Waals surface area contributed by atoms with Crippen molar-refractivity contribution >= 4 is 16.0 Å². The number of ether oxygens (including phenoxy) is 1. The lowest BCUT2D eigenvalue weighted by molar-refractivity contribution is -0.125. The summed E-state index contributed by atoms with van der Waals surface area (Å²) in [5.41, 5.74) is 0. The van der Waals surface area contributed by atoms with E-state index in [4.69, 9.17) is 4.74 Å². The summed E-state index contributed by atoms with van der Waals surface area (Å²) in [7, 11) is -1.96. The number of Topliss-reactive ketones (excluding diaryl/α,β-unsaturated/α-hetero) is 1. The second-order valence-corrected chi connectivity index (χ2v) is 5.83. The van der Waals surface area contributed by atoms with Crippen molar-refractivity contribution in [1.29, 1.82) is 0 Å². The molecule has 0 bridgehead atoms. The van der Waals surface area contributed by atoms with E-state index in [1.54, 1.807) is 0 Å². The van der Waals surface area contributed by atoms with Crippen LogP contribution in [0.25, 0.3) is 0 Å². The smallest absolute Gasteiger partial charge is 0.279 e. The molecule has 6 nitrogen and oxygen atoms in total. The van der Waals surface area contributed by atoms with Crippen molar-refractivity contribution in [3.8, 4) is 0 Å². The van der Waals surface area contributed by atoms with Gasteiger partial charge >= 0.3 is 0 Å². The van der Waals surface area contributed by atoms with Gasteiger partial charge in [0.05, 0.1) is 6.61 Å². The third-order valence-electron chi connectivity index (χ3n) is 2.91. The molecule has 1 heterocycles. The van der Waals surface area contributed by atoms with Gasteiger partial charge in [-0.05, 0) is 6.42 Å². The molecule has 0 aromatic rings. The van der Waals surface area contributed by atoms with E-state index in [1.165, 1.54) is 11.4 Å². The minimum absolute atomic E-state index is 0.163. The number of nitrogens with one attached hydrogen (secondary N) is 1. The predicted octanol–water partition coefficient (Wildman–Crippen LogP) is -0.232. The average molecular weight is 264 g/mol. The molecule has 0 aliphatic carbocycles. The van der Waals surface area contributed by atoms with E-state index in [0.29, 0.717) is 19.4 Å². The number of piperidine rings is 1. The fourth-order valence-electron chi connectivity index (χ4n) is 1.82. The third kappa shape index (κ3) is 4.02. The van der Waals surface area contributed by atoms with Crippen LogP contribution in [0.5, 0.6) is 0 Å². The van der Waals surface area contributed by atoms with Gasteiger partial charge in [-0.3, -0.25) is 4.79 Å². The highest BCUT2D eigenvalue weighted by Crippen LogP contribution is 2.17. The average Bonchev–Trinajstić information content (AvgIpc) is 2.29. The van der Waals surface area contributed by atoms with Crippen LogP contribution < -0.4 is 4.72 Å². The quantitative estimate of drug-likeness (QED) is 0.672. The Morgan fingerprint density at radius 1 is 1.53 bits per heavy atom. The highest BCUT2D eigenvalue weighted by atomic mass is 32.2. The summed E-state index contributed by atoms with van der Waals surface area (Å²) in [4.78, 5) is 11.5. The number of hydrogen-bond acceptors (Lipinski definition) is 4. The molecular weight excluding hydrogens is 244 g/mol. The monoisotopic (exact) mass is 264 g/mol. The van der Waals surface area contributed by atoms with Crippen molar-refractivity contribution in [3.63, 3.8) is 0 Å². The molecule has 17 heavy (non-hydrogen) atoms. The summed E-state index contributed by atoms with van der Waals surface area (Å²) >= 11 is 0. The van der Waals surface area contributed by atoms with Gasteiger partial charge in [-0.2, -0.15) is 17.4 Å². The molecule has 0 aromatic heterocycles. The Kier molecular flexibility index (Phi) is 5.51.